The standard InChI is InChI=1S/C12H13FN2/c13-7-1-3-9-10-6-8(14)2-4-11(10)15-12(9)5-7/h1,3,5,8,15H,2,4,6,14H2. The van der Waals surface area contributed by atoms with Crippen LogP contribution in [0.5, 0.6) is 0 Å². The number of halogens is 1. The van der Waals surface area contributed by atoms with Gasteiger partial charge in [0.25, 0.3) is 0 Å². The second kappa shape index (κ2) is 3.07. The summed E-state index contributed by atoms with van der Waals surface area (Å²) in [5.74, 6) is -0.189. The Kier molecular flexibility index (Phi) is 1.83. The first-order valence-electron chi connectivity index (χ1n) is 5.28. The number of aromatic amines is 1. The highest BCUT2D eigenvalue weighted by atomic mass is 19.1. The molecule has 0 saturated carbocycles. The fraction of sp³-hybridized carbons (Fsp3) is 0.333. The molecule has 0 amide bonds. The fourth-order valence-corrected chi connectivity index (χ4v) is 2.42. The highest BCUT2D eigenvalue weighted by Gasteiger charge is 2.19. The zero-order valence-corrected chi connectivity index (χ0v) is 8.39. The van der Waals surface area contributed by atoms with Gasteiger partial charge < -0.3 is 10.7 Å². The van der Waals surface area contributed by atoms with Crippen molar-refractivity contribution in [3.63, 3.8) is 0 Å². The van der Waals surface area contributed by atoms with Gasteiger partial charge in [-0.15, -0.1) is 0 Å². The van der Waals surface area contributed by atoms with Crippen molar-refractivity contribution in [2.45, 2.75) is 25.3 Å². The molecule has 15 heavy (non-hydrogen) atoms. The number of rotatable bonds is 0. The Morgan fingerprint density at radius 1 is 1.40 bits per heavy atom. The van der Waals surface area contributed by atoms with Gasteiger partial charge in [-0.3, -0.25) is 0 Å². The summed E-state index contributed by atoms with van der Waals surface area (Å²) in [6, 6.07) is 5.16. The highest BCUT2D eigenvalue weighted by molar-refractivity contribution is 5.85. The summed E-state index contributed by atoms with van der Waals surface area (Å²) in [7, 11) is 0. The monoisotopic (exact) mass is 204 g/mol. The second-order valence-corrected chi connectivity index (χ2v) is 4.27. The number of H-pyrrole nitrogens is 1. The smallest absolute Gasteiger partial charge is 0.125 e. The third-order valence-corrected chi connectivity index (χ3v) is 3.19. The molecule has 0 bridgehead atoms. The van der Waals surface area contributed by atoms with Crippen molar-refractivity contribution in [1.82, 2.24) is 4.98 Å². The molecule has 0 aliphatic heterocycles. The molecule has 78 valence electrons. The van der Waals surface area contributed by atoms with E-state index in [1.807, 2.05) is 6.07 Å². The Hall–Kier alpha value is -1.35. The Bertz CT molecular complexity index is 516. The summed E-state index contributed by atoms with van der Waals surface area (Å²) in [4.78, 5) is 3.28. The minimum absolute atomic E-state index is 0.189. The number of hydrogen-bond acceptors (Lipinski definition) is 1. The summed E-state index contributed by atoms with van der Waals surface area (Å²) >= 11 is 0. The highest BCUT2D eigenvalue weighted by Crippen LogP contribution is 2.28. The zero-order valence-electron chi connectivity index (χ0n) is 8.39. The van der Waals surface area contributed by atoms with Gasteiger partial charge >= 0.3 is 0 Å². The van der Waals surface area contributed by atoms with Crippen molar-refractivity contribution < 1.29 is 4.39 Å². The van der Waals surface area contributed by atoms with Crippen LogP contribution in [0.2, 0.25) is 0 Å². The van der Waals surface area contributed by atoms with E-state index >= 15 is 0 Å². The minimum atomic E-state index is -0.189. The molecule has 1 unspecified atom stereocenters. The zero-order chi connectivity index (χ0) is 10.4. The molecule has 3 heteroatoms. The van der Waals surface area contributed by atoms with Crippen LogP contribution in [0.25, 0.3) is 10.9 Å². The lowest BCUT2D eigenvalue weighted by Crippen LogP contribution is -2.27. The number of hydrogen-bond donors (Lipinski definition) is 2. The summed E-state index contributed by atoms with van der Waals surface area (Å²) in [6.45, 7) is 0. The molecule has 1 atom stereocenters. The third-order valence-electron chi connectivity index (χ3n) is 3.19. The number of nitrogens with one attached hydrogen (secondary N) is 1. The number of aryl methyl sites for hydroxylation is 1. The number of fused-ring (bicyclic) bond motifs is 3. The van der Waals surface area contributed by atoms with Crippen LogP contribution in [-0.4, -0.2) is 11.0 Å². The molecule has 0 radical (unpaired) electrons. The lowest BCUT2D eigenvalue weighted by molar-refractivity contribution is 0.574. The van der Waals surface area contributed by atoms with Crippen molar-refractivity contribution in [3.05, 3.63) is 35.3 Å². The molecule has 0 saturated heterocycles. The molecule has 1 aromatic carbocycles. The summed E-state index contributed by atoms with van der Waals surface area (Å²) in [5.41, 5.74) is 9.35. The summed E-state index contributed by atoms with van der Waals surface area (Å²) < 4.78 is 13.0. The Labute approximate surface area is 87.3 Å². The fourth-order valence-electron chi connectivity index (χ4n) is 2.42. The molecular weight excluding hydrogens is 191 g/mol. The van der Waals surface area contributed by atoms with Gasteiger partial charge in [0, 0.05) is 22.6 Å². The molecule has 0 fully saturated rings. The van der Waals surface area contributed by atoms with Crippen LogP contribution in [0.15, 0.2) is 18.2 Å². The number of aromatic nitrogens is 1. The van der Waals surface area contributed by atoms with Gasteiger partial charge in [0.2, 0.25) is 0 Å². The average Bonchev–Trinajstić information content (AvgIpc) is 2.54. The van der Waals surface area contributed by atoms with Gasteiger partial charge in [0.05, 0.1) is 0 Å². The average molecular weight is 204 g/mol. The van der Waals surface area contributed by atoms with Crippen molar-refractivity contribution in [1.29, 1.82) is 0 Å². The van der Waals surface area contributed by atoms with Crippen LogP contribution >= 0.6 is 0 Å². The maximum Gasteiger partial charge on any atom is 0.125 e. The van der Waals surface area contributed by atoms with Crippen molar-refractivity contribution >= 4 is 10.9 Å². The molecular formula is C12H13FN2. The van der Waals surface area contributed by atoms with Gasteiger partial charge in [-0.1, -0.05) is 0 Å². The van der Waals surface area contributed by atoms with Crippen LogP contribution in [0.1, 0.15) is 17.7 Å². The van der Waals surface area contributed by atoms with Gasteiger partial charge in [-0.05, 0) is 43.0 Å². The summed E-state index contributed by atoms with van der Waals surface area (Å²) in [5, 5.41) is 1.13. The molecule has 0 spiro atoms. The molecule has 1 heterocycles. The van der Waals surface area contributed by atoms with E-state index in [0.717, 1.165) is 30.2 Å². The van der Waals surface area contributed by atoms with Crippen molar-refractivity contribution in [3.8, 4) is 0 Å². The van der Waals surface area contributed by atoms with E-state index in [2.05, 4.69) is 4.98 Å². The van der Waals surface area contributed by atoms with E-state index < -0.39 is 0 Å². The van der Waals surface area contributed by atoms with Crippen LogP contribution in [0.3, 0.4) is 0 Å². The largest absolute Gasteiger partial charge is 0.358 e. The second-order valence-electron chi connectivity index (χ2n) is 4.27. The molecule has 3 rings (SSSR count). The molecule has 2 nitrogen and oxygen atoms in total. The first kappa shape index (κ1) is 8.92. The molecule has 1 aliphatic carbocycles. The molecule has 1 aromatic heterocycles. The predicted octanol–water partition coefficient (Wildman–Crippen LogP) is 2.12. The van der Waals surface area contributed by atoms with Crippen LogP contribution in [0.4, 0.5) is 4.39 Å². The quantitative estimate of drug-likeness (QED) is 0.678. The number of benzene rings is 1. The van der Waals surface area contributed by atoms with Crippen LogP contribution in [0, 0.1) is 5.82 Å². The molecule has 1 aliphatic rings. The first-order chi connectivity index (χ1) is 7.24. The van der Waals surface area contributed by atoms with Crippen molar-refractivity contribution in [2.75, 3.05) is 0 Å². The maximum atomic E-state index is 13.0. The van der Waals surface area contributed by atoms with Gasteiger partial charge in [-0.25, -0.2) is 4.39 Å². The third kappa shape index (κ3) is 1.35. The van der Waals surface area contributed by atoms with E-state index in [9.17, 15) is 4.39 Å². The van der Waals surface area contributed by atoms with Gasteiger partial charge in [0.15, 0.2) is 0 Å². The van der Waals surface area contributed by atoms with E-state index in [1.165, 1.54) is 17.3 Å². The van der Waals surface area contributed by atoms with Crippen LogP contribution in [-0.2, 0) is 12.8 Å². The lowest BCUT2D eigenvalue weighted by Gasteiger charge is -2.17. The van der Waals surface area contributed by atoms with Gasteiger partial charge in [0.1, 0.15) is 5.82 Å². The van der Waals surface area contributed by atoms with E-state index in [4.69, 9.17) is 5.73 Å². The molecule has 2 aromatic rings. The van der Waals surface area contributed by atoms with E-state index in [1.54, 1.807) is 6.07 Å². The molecule has 3 N–H and O–H groups in total. The minimum Gasteiger partial charge on any atom is -0.358 e. The normalized spacial score (nSPS) is 20.5. The van der Waals surface area contributed by atoms with E-state index in [0.29, 0.717) is 0 Å². The maximum absolute atomic E-state index is 13.0. The lowest BCUT2D eigenvalue weighted by atomic mass is 9.92. The first-order valence-corrected chi connectivity index (χ1v) is 5.28. The topological polar surface area (TPSA) is 41.8 Å². The Balaban J connectivity index is 2.24. The predicted molar refractivity (Wildman–Crippen MR) is 58.3 cm³/mol. The summed E-state index contributed by atoms with van der Waals surface area (Å²) in [6.07, 6.45) is 2.90. The van der Waals surface area contributed by atoms with Gasteiger partial charge in [-0.2, -0.15) is 0 Å². The number of nitrogens with two attached hydrogens (primary N) is 1. The van der Waals surface area contributed by atoms with Crippen LogP contribution < -0.4 is 5.73 Å². The van der Waals surface area contributed by atoms with Crippen molar-refractivity contribution in [2.24, 2.45) is 5.73 Å². The Morgan fingerprint density at radius 3 is 3.13 bits per heavy atom. The SMILES string of the molecule is NC1CCc2[nH]c3cc(F)ccc3c2C1. The Morgan fingerprint density at radius 2 is 2.27 bits per heavy atom. The van der Waals surface area contributed by atoms with E-state index in [-0.39, 0.29) is 11.9 Å².